The zero-order valence-electron chi connectivity index (χ0n) is 18.4. The maximum atomic E-state index is 12.8. The molecule has 10 heteroatoms. The molecule has 10 nitrogen and oxygen atoms in total. The van der Waals surface area contributed by atoms with Gasteiger partial charge in [0.25, 0.3) is 0 Å². The lowest BCUT2D eigenvalue weighted by Crippen LogP contribution is -2.12. The number of esters is 1. The number of hydrogen-bond acceptors (Lipinski definition) is 9. The lowest BCUT2D eigenvalue weighted by atomic mass is 10.2. The van der Waals surface area contributed by atoms with Crippen LogP contribution in [0.3, 0.4) is 0 Å². The number of pyridine rings is 1. The Balaban J connectivity index is 1.50. The molecule has 0 saturated heterocycles. The number of methoxy groups -OCH3 is 1. The molecule has 33 heavy (non-hydrogen) atoms. The van der Waals surface area contributed by atoms with Crippen LogP contribution in [0.1, 0.15) is 27.6 Å². The van der Waals surface area contributed by atoms with E-state index in [1.807, 2.05) is 48.7 Å². The van der Waals surface area contributed by atoms with E-state index in [9.17, 15) is 4.79 Å². The van der Waals surface area contributed by atoms with Crippen molar-refractivity contribution in [2.24, 2.45) is 0 Å². The Morgan fingerprint density at radius 2 is 1.94 bits per heavy atom. The number of nitrogen functional groups attached to an aromatic ring is 1. The Kier molecular flexibility index (Phi) is 6.16. The molecule has 3 N–H and O–H groups in total. The molecule has 4 aromatic rings. The molecule has 0 aliphatic heterocycles. The van der Waals surface area contributed by atoms with Crippen molar-refractivity contribution in [3.8, 4) is 11.4 Å². The molecule has 3 heterocycles. The fourth-order valence-electron chi connectivity index (χ4n) is 3.49. The van der Waals surface area contributed by atoms with Crippen LogP contribution in [-0.2, 0) is 11.3 Å². The zero-order chi connectivity index (χ0) is 23.4. The van der Waals surface area contributed by atoms with E-state index in [2.05, 4.69) is 25.3 Å². The van der Waals surface area contributed by atoms with E-state index in [1.54, 1.807) is 31.6 Å². The maximum Gasteiger partial charge on any atom is 0.340 e. The first-order valence-corrected chi connectivity index (χ1v) is 10.1. The molecule has 4 rings (SSSR count). The summed E-state index contributed by atoms with van der Waals surface area (Å²) >= 11 is 0. The third-order valence-corrected chi connectivity index (χ3v) is 4.94. The summed E-state index contributed by atoms with van der Waals surface area (Å²) in [4.78, 5) is 29.4. The molecule has 0 saturated carbocycles. The number of rotatable bonds is 7. The van der Waals surface area contributed by atoms with Gasteiger partial charge in [-0.3, -0.25) is 4.98 Å². The SMILES string of the molecule is COc1ccccc1Nc1nc(N)nc(COC(=O)c2cc(C)n(-c3cccnc3)c2C)n1. The van der Waals surface area contributed by atoms with E-state index >= 15 is 0 Å². The molecule has 3 aromatic heterocycles. The molecule has 0 bridgehead atoms. The average molecular weight is 445 g/mol. The van der Waals surface area contributed by atoms with Gasteiger partial charge in [0.05, 0.1) is 30.2 Å². The van der Waals surface area contributed by atoms with Gasteiger partial charge in [0.1, 0.15) is 5.75 Å². The number of hydrogen-bond donors (Lipinski definition) is 2. The zero-order valence-corrected chi connectivity index (χ0v) is 18.4. The molecular formula is C23H23N7O3. The molecule has 0 fully saturated rings. The van der Waals surface area contributed by atoms with E-state index in [0.29, 0.717) is 17.0 Å². The first-order valence-electron chi connectivity index (χ1n) is 10.1. The fraction of sp³-hybridized carbons (Fsp3) is 0.174. The van der Waals surface area contributed by atoms with Crippen LogP contribution in [0.15, 0.2) is 54.9 Å². The molecule has 0 spiro atoms. The Morgan fingerprint density at radius 3 is 2.70 bits per heavy atom. The van der Waals surface area contributed by atoms with Gasteiger partial charge in [-0.25, -0.2) is 4.79 Å². The van der Waals surface area contributed by atoms with Crippen LogP contribution in [-0.4, -0.2) is 37.6 Å². The van der Waals surface area contributed by atoms with Gasteiger partial charge in [0.15, 0.2) is 12.4 Å². The highest BCUT2D eigenvalue weighted by molar-refractivity contribution is 5.91. The third kappa shape index (κ3) is 4.74. The molecule has 0 aliphatic rings. The molecule has 0 atom stereocenters. The smallest absolute Gasteiger partial charge is 0.340 e. The molecule has 1 aromatic carbocycles. The Hall–Kier alpha value is -4.47. The topological polar surface area (TPSA) is 130 Å². The predicted molar refractivity (Wildman–Crippen MR) is 123 cm³/mol. The quantitative estimate of drug-likeness (QED) is 0.411. The summed E-state index contributed by atoms with van der Waals surface area (Å²) in [6.07, 6.45) is 3.43. The Bertz CT molecular complexity index is 1290. The summed E-state index contributed by atoms with van der Waals surface area (Å²) in [5.41, 5.74) is 9.45. The number of benzene rings is 1. The van der Waals surface area contributed by atoms with Gasteiger partial charge in [-0.05, 0) is 44.2 Å². The van der Waals surface area contributed by atoms with Gasteiger partial charge < -0.3 is 25.1 Å². The average Bonchev–Trinajstić information content (AvgIpc) is 3.12. The molecule has 0 unspecified atom stereocenters. The minimum absolute atomic E-state index is 0.00297. The highest BCUT2D eigenvalue weighted by Gasteiger charge is 2.19. The number of carbonyl (C=O) groups is 1. The highest BCUT2D eigenvalue weighted by atomic mass is 16.5. The Labute approximate surface area is 190 Å². The first kappa shape index (κ1) is 21.8. The van der Waals surface area contributed by atoms with Crippen LogP contribution in [0.2, 0.25) is 0 Å². The first-order chi connectivity index (χ1) is 16.0. The molecule has 0 amide bonds. The van der Waals surface area contributed by atoms with Crippen LogP contribution in [0.4, 0.5) is 17.6 Å². The van der Waals surface area contributed by atoms with Crippen molar-refractivity contribution in [1.82, 2.24) is 24.5 Å². The number of aromatic nitrogens is 5. The van der Waals surface area contributed by atoms with Crippen molar-refractivity contribution < 1.29 is 14.3 Å². The molecule has 168 valence electrons. The number of para-hydroxylation sites is 2. The monoisotopic (exact) mass is 445 g/mol. The summed E-state index contributed by atoms with van der Waals surface area (Å²) in [5, 5.41) is 3.05. The summed E-state index contributed by atoms with van der Waals surface area (Å²) in [5.74, 6) is 0.565. The van der Waals surface area contributed by atoms with Gasteiger partial charge in [0, 0.05) is 17.6 Å². The van der Waals surface area contributed by atoms with Crippen LogP contribution in [0.5, 0.6) is 5.75 Å². The normalized spacial score (nSPS) is 10.6. The van der Waals surface area contributed by atoms with Crippen LogP contribution in [0.25, 0.3) is 5.69 Å². The van der Waals surface area contributed by atoms with E-state index in [1.165, 1.54) is 0 Å². The van der Waals surface area contributed by atoms with E-state index in [0.717, 1.165) is 17.1 Å². The maximum absolute atomic E-state index is 12.8. The molecule has 0 aliphatic carbocycles. The summed E-state index contributed by atoms with van der Waals surface area (Å²) in [6.45, 7) is 3.61. The number of nitrogens with zero attached hydrogens (tertiary/aromatic N) is 5. The van der Waals surface area contributed by atoms with Crippen molar-refractivity contribution in [2.75, 3.05) is 18.2 Å². The second-order valence-corrected chi connectivity index (χ2v) is 7.17. The van der Waals surface area contributed by atoms with Crippen molar-refractivity contribution in [1.29, 1.82) is 0 Å². The number of aryl methyl sites for hydroxylation is 1. The summed E-state index contributed by atoms with van der Waals surface area (Å²) in [7, 11) is 1.57. The minimum Gasteiger partial charge on any atom is -0.495 e. The lowest BCUT2D eigenvalue weighted by molar-refractivity contribution is 0.0461. The molecule has 0 radical (unpaired) electrons. The molecular weight excluding hydrogens is 422 g/mol. The Morgan fingerprint density at radius 1 is 1.12 bits per heavy atom. The predicted octanol–water partition coefficient (Wildman–Crippen LogP) is 3.37. The number of nitrogens with two attached hydrogens (primary N) is 1. The van der Waals surface area contributed by atoms with E-state index in [4.69, 9.17) is 15.2 Å². The number of anilines is 3. The lowest BCUT2D eigenvalue weighted by Gasteiger charge is -2.11. The van der Waals surface area contributed by atoms with Crippen LogP contribution >= 0.6 is 0 Å². The fourth-order valence-corrected chi connectivity index (χ4v) is 3.49. The summed E-state index contributed by atoms with van der Waals surface area (Å²) in [6, 6.07) is 12.9. The van der Waals surface area contributed by atoms with Gasteiger partial charge in [-0.15, -0.1) is 0 Å². The van der Waals surface area contributed by atoms with E-state index < -0.39 is 5.97 Å². The minimum atomic E-state index is -0.489. The van der Waals surface area contributed by atoms with Crippen molar-refractivity contribution in [2.45, 2.75) is 20.5 Å². The van der Waals surface area contributed by atoms with Crippen molar-refractivity contribution >= 4 is 23.6 Å². The second-order valence-electron chi connectivity index (χ2n) is 7.17. The highest BCUT2D eigenvalue weighted by Crippen LogP contribution is 2.26. The van der Waals surface area contributed by atoms with Crippen LogP contribution < -0.4 is 15.8 Å². The number of carbonyl (C=O) groups excluding carboxylic acids is 1. The summed E-state index contributed by atoms with van der Waals surface area (Å²) < 4.78 is 12.7. The largest absolute Gasteiger partial charge is 0.495 e. The second kappa shape index (κ2) is 9.35. The van der Waals surface area contributed by atoms with Crippen LogP contribution in [0, 0.1) is 13.8 Å². The number of ether oxygens (including phenoxy) is 2. The number of nitrogens with one attached hydrogen (secondary N) is 1. The van der Waals surface area contributed by atoms with Gasteiger partial charge >= 0.3 is 5.97 Å². The standard InChI is InChI=1S/C23H23N7O3/c1-14-11-17(15(2)30(14)16-7-6-10-25-12-16)21(31)33-13-20-27-22(24)29-23(28-20)26-18-8-4-5-9-19(18)32-3/h4-12H,13H2,1-3H3,(H3,24,26,27,28,29). The van der Waals surface area contributed by atoms with Crippen molar-refractivity contribution in [3.63, 3.8) is 0 Å². The van der Waals surface area contributed by atoms with E-state index in [-0.39, 0.29) is 24.3 Å². The third-order valence-electron chi connectivity index (χ3n) is 4.94. The van der Waals surface area contributed by atoms with Gasteiger partial charge in [0.2, 0.25) is 11.9 Å². The van der Waals surface area contributed by atoms with Gasteiger partial charge in [-0.1, -0.05) is 12.1 Å². The van der Waals surface area contributed by atoms with Gasteiger partial charge in [-0.2, -0.15) is 15.0 Å². The van der Waals surface area contributed by atoms with Crippen molar-refractivity contribution in [3.05, 3.63) is 77.6 Å².